The van der Waals surface area contributed by atoms with Crippen LogP contribution in [-0.4, -0.2) is 81.1 Å². The number of allylic oxidation sites excluding steroid dienone is 1. The molecule has 4 aliphatic carbocycles. The van der Waals surface area contributed by atoms with E-state index in [1.165, 1.54) is 11.8 Å². The number of aliphatic carboxylic acids is 1. The highest BCUT2D eigenvalue weighted by atomic mass is 32.2. The van der Waals surface area contributed by atoms with Gasteiger partial charge >= 0.3 is 11.9 Å². The summed E-state index contributed by atoms with van der Waals surface area (Å²) in [6.45, 7) is 3.37. The molecule has 0 heterocycles. The first-order valence-corrected chi connectivity index (χ1v) is 16.0. The summed E-state index contributed by atoms with van der Waals surface area (Å²) in [7, 11) is 0. The maximum Gasteiger partial charge on any atom is 0.326 e. The van der Waals surface area contributed by atoms with E-state index in [4.69, 9.17) is 4.74 Å². The lowest BCUT2D eigenvalue weighted by molar-refractivity contribution is -0.184. The molecule has 4 rings (SSSR count). The standard InChI is InChI=1S/C30H43NO9S/c1-28-11-8-18(32)14-17(28)4-5-19-20-9-12-30(39,29(20,2)15-22(33)26(19)28)23(34)16-40-25(36)7-6-24(35)31-21(27(37)38)10-13-41-3/h14,19-22,26,33,39H,4-13,15-16H2,1-3H3,(H,31,35)(H,37,38)/t19-,20-,21?,22-,26+,28-,29-,30-/m0/s1. The molecule has 3 saturated carbocycles. The lowest BCUT2D eigenvalue weighted by Crippen LogP contribution is -2.62. The summed E-state index contributed by atoms with van der Waals surface area (Å²) in [6.07, 6.45) is 6.30. The number of aliphatic hydroxyl groups excluding tert-OH is 1. The number of ether oxygens (including phenoxy) is 1. The van der Waals surface area contributed by atoms with Crippen LogP contribution in [0, 0.1) is 28.6 Å². The van der Waals surface area contributed by atoms with Crippen molar-refractivity contribution in [1.82, 2.24) is 5.32 Å². The number of hydrogen-bond donors (Lipinski definition) is 4. The number of thioether (sulfide) groups is 1. The average molecular weight is 594 g/mol. The first-order valence-electron chi connectivity index (χ1n) is 14.6. The second kappa shape index (κ2) is 12.2. The van der Waals surface area contributed by atoms with Gasteiger partial charge in [-0.1, -0.05) is 19.4 Å². The number of carboxylic acids is 1. The average Bonchev–Trinajstić information content (AvgIpc) is 3.19. The number of ketones is 2. The quantitative estimate of drug-likeness (QED) is 0.261. The molecule has 0 spiro atoms. The Balaban J connectivity index is 1.35. The van der Waals surface area contributed by atoms with Crippen molar-refractivity contribution in [3.8, 4) is 0 Å². The molecule has 8 atom stereocenters. The van der Waals surface area contributed by atoms with Gasteiger partial charge in [-0.2, -0.15) is 11.8 Å². The lowest BCUT2D eigenvalue weighted by Gasteiger charge is -2.60. The molecule has 0 bridgehead atoms. The molecule has 3 fully saturated rings. The zero-order chi connectivity index (χ0) is 30.2. The largest absolute Gasteiger partial charge is 0.480 e. The molecule has 11 heteroatoms. The Bertz CT molecular complexity index is 1120. The molecule has 10 nitrogen and oxygen atoms in total. The molecule has 0 radical (unpaired) electrons. The first-order chi connectivity index (χ1) is 19.3. The molecule has 4 N–H and O–H groups in total. The third-order valence-corrected chi connectivity index (χ3v) is 11.3. The summed E-state index contributed by atoms with van der Waals surface area (Å²) in [5.41, 5.74) is -1.81. The molecule has 1 unspecified atom stereocenters. The number of carbonyl (C=O) groups excluding carboxylic acids is 4. The van der Waals surface area contributed by atoms with Gasteiger partial charge in [0, 0.05) is 18.3 Å². The Kier molecular flexibility index (Phi) is 9.40. The van der Waals surface area contributed by atoms with E-state index in [0.717, 1.165) is 18.4 Å². The van der Waals surface area contributed by atoms with Crippen LogP contribution < -0.4 is 5.32 Å². The van der Waals surface area contributed by atoms with Gasteiger partial charge in [0.05, 0.1) is 12.5 Å². The van der Waals surface area contributed by atoms with E-state index in [-0.39, 0.29) is 61.1 Å². The minimum absolute atomic E-state index is 0.00791. The van der Waals surface area contributed by atoms with Gasteiger partial charge < -0.3 is 25.4 Å². The van der Waals surface area contributed by atoms with Crippen LogP contribution >= 0.6 is 11.8 Å². The van der Waals surface area contributed by atoms with Gasteiger partial charge in [-0.3, -0.25) is 19.2 Å². The molecule has 41 heavy (non-hydrogen) atoms. The molecule has 0 aromatic rings. The Morgan fingerprint density at radius 1 is 1.15 bits per heavy atom. The predicted molar refractivity (Wildman–Crippen MR) is 151 cm³/mol. The van der Waals surface area contributed by atoms with Crippen molar-refractivity contribution in [1.29, 1.82) is 0 Å². The van der Waals surface area contributed by atoms with Gasteiger partial charge in [0.1, 0.15) is 11.6 Å². The molecule has 0 aromatic heterocycles. The van der Waals surface area contributed by atoms with Crippen LogP contribution in [0.1, 0.15) is 78.1 Å². The van der Waals surface area contributed by atoms with Gasteiger partial charge in [0.25, 0.3) is 0 Å². The summed E-state index contributed by atoms with van der Waals surface area (Å²) in [5.74, 6) is -2.39. The van der Waals surface area contributed by atoms with Crippen LogP contribution in [0.25, 0.3) is 0 Å². The van der Waals surface area contributed by atoms with Gasteiger partial charge in [-0.05, 0) is 86.2 Å². The highest BCUT2D eigenvalue weighted by Gasteiger charge is 2.68. The highest BCUT2D eigenvalue weighted by molar-refractivity contribution is 7.98. The number of aliphatic hydroxyl groups is 2. The molecule has 0 aromatic carbocycles. The Morgan fingerprint density at radius 2 is 1.88 bits per heavy atom. The van der Waals surface area contributed by atoms with Gasteiger partial charge in [0.2, 0.25) is 11.7 Å². The monoisotopic (exact) mass is 593 g/mol. The van der Waals surface area contributed by atoms with E-state index in [2.05, 4.69) is 12.2 Å². The third kappa shape index (κ3) is 5.86. The van der Waals surface area contributed by atoms with E-state index >= 15 is 0 Å². The van der Waals surface area contributed by atoms with Crippen LogP contribution in [0.2, 0.25) is 0 Å². The summed E-state index contributed by atoms with van der Waals surface area (Å²) in [4.78, 5) is 61.3. The summed E-state index contributed by atoms with van der Waals surface area (Å²) in [6, 6.07) is -1.04. The zero-order valence-corrected chi connectivity index (χ0v) is 25.0. The summed E-state index contributed by atoms with van der Waals surface area (Å²) < 4.78 is 5.15. The van der Waals surface area contributed by atoms with Crippen molar-refractivity contribution >= 4 is 41.2 Å². The number of carbonyl (C=O) groups is 5. The number of nitrogens with one attached hydrogen (secondary N) is 1. The number of fused-ring (bicyclic) bond motifs is 5. The maximum atomic E-state index is 13.4. The SMILES string of the molecule is CSCCC(NC(=O)CCC(=O)OCC(=O)[C@@]1(O)CC[C@H]2[C@@H]3CCC4=CC(=O)CC[C@]4(C)[C@H]3[C@@H](O)C[C@@]21C)C(=O)O. The molecule has 0 saturated heterocycles. The maximum absolute atomic E-state index is 13.4. The van der Waals surface area contributed by atoms with E-state index in [0.29, 0.717) is 25.0 Å². The number of Topliss-reactive ketones (excluding diaryl/α,β-unsaturated/α-hetero) is 1. The number of esters is 1. The Morgan fingerprint density at radius 3 is 2.56 bits per heavy atom. The van der Waals surface area contributed by atoms with E-state index in [1.807, 2.05) is 13.2 Å². The van der Waals surface area contributed by atoms with Crippen LogP contribution in [0.3, 0.4) is 0 Å². The first kappa shape index (κ1) is 31.7. The smallest absolute Gasteiger partial charge is 0.326 e. The fraction of sp³-hybridized carbons (Fsp3) is 0.767. The van der Waals surface area contributed by atoms with E-state index in [9.17, 15) is 39.3 Å². The van der Waals surface area contributed by atoms with Crippen LogP contribution in [0.15, 0.2) is 11.6 Å². The third-order valence-electron chi connectivity index (χ3n) is 10.7. The number of carboxylic acid groups (broad SMARTS) is 1. The van der Waals surface area contributed by atoms with Crippen LogP contribution in [0.4, 0.5) is 0 Å². The summed E-state index contributed by atoms with van der Waals surface area (Å²) >= 11 is 1.46. The van der Waals surface area contributed by atoms with Gasteiger partial charge in [-0.15, -0.1) is 0 Å². The summed E-state index contributed by atoms with van der Waals surface area (Å²) in [5, 5.41) is 34.9. The van der Waals surface area contributed by atoms with Crippen molar-refractivity contribution in [2.75, 3.05) is 18.6 Å². The van der Waals surface area contributed by atoms with Crippen molar-refractivity contribution < 1.29 is 44.0 Å². The molecular formula is C30H43NO9S. The molecular weight excluding hydrogens is 550 g/mol. The number of rotatable bonds is 11. The Hall–Kier alpha value is -2.24. The topological polar surface area (TPSA) is 167 Å². The minimum atomic E-state index is -1.76. The van der Waals surface area contributed by atoms with Gasteiger partial charge in [0.15, 0.2) is 12.4 Å². The van der Waals surface area contributed by atoms with Crippen molar-refractivity contribution in [3.63, 3.8) is 0 Å². The molecule has 1 amide bonds. The van der Waals surface area contributed by atoms with Gasteiger partial charge in [-0.25, -0.2) is 4.79 Å². The predicted octanol–water partition coefficient (Wildman–Crippen LogP) is 2.44. The second-order valence-electron chi connectivity index (χ2n) is 12.8. The highest BCUT2D eigenvalue weighted by Crippen LogP contribution is 2.67. The number of hydrogen-bond acceptors (Lipinski definition) is 9. The Labute approximate surface area is 245 Å². The normalized spacial score (nSPS) is 36.7. The van der Waals surface area contributed by atoms with Crippen molar-refractivity contribution in [2.24, 2.45) is 28.6 Å². The van der Waals surface area contributed by atoms with Crippen molar-refractivity contribution in [3.05, 3.63) is 11.6 Å². The fourth-order valence-electron chi connectivity index (χ4n) is 8.46. The second-order valence-corrected chi connectivity index (χ2v) is 13.8. The van der Waals surface area contributed by atoms with Crippen molar-refractivity contribution in [2.45, 2.75) is 95.8 Å². The number of amides is 1. The molecule has 0 aliphatic heterocycles. The molecule has 228 valence electrons. The zero-order valence-electron chi connectivity index (χ0n) is 24.1. The lowest BCUT2D eigenvalue weighted by atomic mass is 9.45. The van der Waals surface area contributed by atoms with Crippen LogP contribution in [0.5, 0.6) is 0 Å². The van der Waals surface area contributed by atoms with E-state index < -0.39 is 53.4 Å². The minimum Gasteiger partial charge on any atom is -0.480 e. The fourth-order valence-corrected chi connectivity index (χ4v) is 8.93. The molecule has 4 aliphatic rings. The van der Waals surface area contributed by atoms with Crippen LogP contribution in [-0.2, 0) is 28.7 Å². The van der Waals surface area contributed by atoms with E-state index in [1.54, 1.807) is 6.08 Å².